The maximum Gasteiger partial charge on any atom is 0.214 e. The van der Waals surface area contributed by atoms with Crippen molar-refractivity contribution in [1.29, 1.82) is 0 Å². The molecule has 0 aliphatic heterocycles. The van der Waals surface area contributed by atoms with Gasteiger partial charge in [-0.25, -0.2) is 9.97 Å². The topological polar surface area (TPSA) is 73.3 Å². The van der Waals surface area contributed by atoms with Crippen LogP contribution in [0.15, 0.2) is 59.1 Å². The van der Waals surface area contributed by atoms with Gasteiger partial charge in [-0.1, -0.05) is 12.1 Å². The molecule has 0 radical (unpaired) electrons. The van der Waals surface area contributed by atoms with E-state index >= 15 is 0 Å². The minimum Gasteiger partial charge on any atom is -0.497 e. The fourth-order valence-corrected chi connectivity index (χ4v) is 2.83. The van der Waals surface area contributed by atoms with Gasteiger partial charge in [-0.3, -0.25) is 0 Å². The Morgan fingerprint density at radius 3 is 2.68 bits per heavy atom. The van der Waals surface area contributed by atoms with Gasteiger partial charge in [0.25, 0.3) is 0 Å². The van der Waals surface area contributed by atoms with E-state index in [1.165, 1.54) is 0 Å². The van der Waals surface area contributed by atoms with Crippen molar-refractivity contribution in [2.24, 2.45) is 0 Å². The number of nitrogens with zero attached hydrogens (tertiary/aromatic N) is 3. The molecule has 126 valence electrons. The van der Waals surface area contributed by atoms with Crippen molar-refractivity contribution in [2.45, 2.75) is 13.2 Å². The standard InChI is InChI=1S/C19H17N3O3/c1-24-14-8-6-13(7-9-14)17-10-20-19(25-17)11-22-16-5-3-2-4-15(16)21-18(22)12-23/h2-10,23H,11-12H2,1H3. The smallest absolute Gasteiger partial charge is 0.214 e. The highest BCUT2D eigenvalue weighted by Gasteiger charge is 2.13. The number of oxazole rings is 1. The van der Waals surface area contributed by atoms with Gasteiger partial charge in [-0.05, 0) is 36.4 Å². The maximum absolute atomic E-state index is 9.58. The molecular weight excluding hydrogens is 318 g/mol. The second-order valence-electron chi connectivity index (χ2n) is 5.61. The molecule has 0 aliphatic rings. The first-order chi connectivity index (χ1) is 12.3. The quantitative estimate of drug-likeness (QED) is 0.606. The fourth-order valence-electron chi connectivity index (χ4n) is 2.83. The first-order valence-electron chi connectivity index (χ1n) is 7.92. The molecule has 2 aromatic heterocycles. The van der Waals surface area contributed by atoms with E-state index in [-0.39, 0.29) is 6.61 Å². The SMILES string of the molecule is COc1ccc(-c2cnc(Cn3c(CO)nc4ccccc43)o2)cc1. The van der Waals surface area contributed by atoms with E-state index in [1.807, 2.05) is 53.1 Å². The van der Waals surface area contributed by atoms with Gasteiger partial charge < -0.3 is 18.8 Å². The van der Waals surface area contributed by atoms with Crippen molar-refractivity contribution in [3.05, 3.63) is 66.4 Å². The molecule has 4 aromatic rings. The van der Waals surface area contributed by atoms with Crippen LogP contribution in [0.5, 0.6) is 5.75 Å². The predicted octanol–water partition coefficient (Wildman–Crippen LogP) is 3.24. The maximum atomic E-state index is 9.58. The van der Waals surface area contributed by atoms with E-state index in [1.54, 1.807) is 13.3 Å². The summed E-state index contributed by atoms with van der Waals surface area (Å²) >= 11 is 0. The fraction of sp³-hybridized carbons (Fsp3) is 0.158. The Balaban J connectivity index is 1.65. The number of aliphatic hydroxyl groups is 1. The molecule has 6 heteroatoms. The van der Waals surface area contributed by atoms with Crippen molar-refractivity contribution in [1.82, 2.24) is 14.5 Å². The lowest BCUT2D eigenvalue weighted by Gasteiger charge is -2.05. The molecule has 0 unspecified atom stereocenters. The van der Waals surface area contributed by atoms with E-state index in [0.717, 1.165) is 22.3 Å². The van der Waals surface area contributed by atoms with Crippen LogP contribution in [0.25, 0.3) is 22.4 Å². The Bertz CT molecular complexity index is 1000. The molecule has 0 fully saturated rings. The Kier molecular flexibility index (Phi) is 3.95. The Labute approximate surface area is 144 Å². The molecule has 0 amide bonds. The third-order valence-electron chi connectivity index (χ3n) is 4.10. The zero-order chi connectivity index (χ0) is 17.2. The molecule has 0 bridgehead atoms. The highest BCUT2D eigenvalue weighted by Crippen LogP contribution is 2.24. The molecule has 1 N–H and O–H groups in total. The van der Waals surface area contributed by atoms with E-state index in [9.17, 15) is 5.11 Å². The molecule has 0 saturated heterocycles. The van der Waals surface area contributed by atoms with Crippen LogP contribution in [-0.4, -0.2) is 26.8 Å². The second-order valence-corrected chi connectivity index (χ2v) is 5.61. The van der Waals surface area contributed by atoms with Crippen LogP contribution in [0.3, 0.4) is 0 Å². The summed E-state index contributed by atoms with van der Waals surface area (Å²) in [6.07, 6.45) is 1.70. The molecular formula is C19H17N3O3. The summed E-state index contributed by atoms with van der Waals surface area (Å²) in [5.41, 5.74) is 2.71. The normalized spacial score (nSPS) is 11.1. The number of para-hydroxylation sites is 2. The van der Waals surface area contributed by atoms with Gasteiger partial charge in [0, 0.05) is 5.56 Å². The summed E-state index contributed by atoms with van der Waals surface area (Å²) in [5.74, 6) is 2.63. The van der Waals surface area contributed by atoms with Crippen LogP contribution >= 0.6 is 0 Å². The molecule has 0 aliphatic carbocycles. The number of imidazole rings is 1. The molecule has 2 heterocycles. The summed E-state index contributed by atoms with van der Waals surface area (Å²) in [7, 11) is 1.63. The lowest BCUT2D eigenvalue weighted by Crippen LogP contribution is -2.05. The zero-order valence-corrected chi connectivity index (χ0v) is 13.7. The number of methoxy groups -OCH3 is 1. The van der Waals surface area contributed by atoms with Crippen molar-refractivity contribution in [3.8, 4) is 17.1 Å². The van der Waals surface area contributed by atoms with E-state index < -0.39 is 0 Å². The summed E-state index contributed by atoms with van der Waals surface area (Å²) in [6.45, 7) is 0.271. The summed E-state index contributed by atoms with van der Waals surface area (Å²) < 4.78 is 13.0. The Morgan fingerprint density at radius 1 is 1.12 bits per heavy atom. The summed E-state index contributed by atoms with van der Waals surface area (Å²) in [5, 5.41) is 9.58. The number of fused-ring (bicyclic) bond motifs is 1. The van der Waals surface area contributed by atoms with Gasteiger partial charge in [-0.2, -0.15) is 0 Å². The summed E-state index contributed by atoms with van der Waals surface area (Å²) in [4.78, 5) is 8.81. The first kappa shape index (κ1) is 15.4. The number of rotatable bonds is 5. The van der Waals surface area contributed by atoms with Crippen molar-refractivity contribution in [3.63, 3.8) is 0 Å². The highest BCUT2D eigenvalue weighted by atomic mass is 16.5. The van der Waals surface area contributed by atoms with Crippen LogP contribution in [0, 0.1) is 0 Å². The number of hydrogen-bond donors (Lipinski definition) is 1. The largest absolute Gasteiger partial charge is 0.497 e. The predicted molar refractivity (Wildman–Crippen MR) is 93.2 cm³/mol. The van der Waals surface area contributed by atoms with Gasteiger partial charge >= 0.3 is 0 Å². The number of benzene rings is 2. The average molecular weight is 335 g/mol. The Hall–Kier alpha value is -3.12. The minimum atomic E-state index is -0.138. The van der Waals surface area contributed by atoms with Crippen LogP contribution < -0.4 is 4.74 Å². The van der Waals surface area contributed by atoms with Crippen LogP contribution in [0.2, 0.25) is 0 Å². The molecule has 2 aromatic carbocycles. The van der Waals surface area contributed by atoms with Crippen molar-refractivity contribution >= 4 is 11.0 Å². The zero-order valence-electron chi connectivity index (χ0n) is 13.7. The van der Waals surface area contributed by atoms with Crippen LogP contribution in [-0.2, 0) is 13.2 Å². The highest BCUT2D eigenvalue weighted by molar-refractivity contribution is 5.76. The lowest BCUT2D eigenvalue weighted by molar-refractivity contribution is 0.266. The molecule has 0 saturated carbocycles. The third-order valence-corrected chi connectivity index (χ3v) is 4.10. The monoisotopic (exact) mass is 335 g/mol. The van der Waals surface area contributed by atoms with Gasteiger partial charge in [0.05, 0.1) is 24.3 Å². The Morgan fingerprint density at radius 2 is 1.92 bits per heavy atom. The van der Waals surface area contributed by atoms with Crippen molar-refractivity contribution in [2.75, 3.05) is 7.11 Å². The molecule has 4 rings (SSSR count). The number of hydrogen-bond acceptors (Lipinski definition) is 5. The van der Waals surface area contributed by atoms with Crippen LogP contribution in [0.1, 0.15) is 11.7 Å². The van der Waals surface area contributed by atoms with Gasteiger partial charge in [-0.15, -0.1) is 0 Å². The summed E-state index contributed by atoms with van der Waals surface area (Å²) in [6, 6.07) is 15.4. The molecule has 25 heavy (non-hydrogen) atoms. The average Bonchev–Trinajstić information content (AvgIpc) is 3.27. The number of aliphatic hydroxyl groups excluding tert-OH is 1. The van der Waals surface area contributed by atoms with E-state index in [2.05, 4.69) is 9.97 Å². The minimum absolute atomic E-state index is 0.138. The number of ether oxygens (including phenoxy) is 1. The second kappa shape index (κ2) is 6.41. The third kappa shape index (κ3) is 2.88. The van der Waals surface area contributed by atoms with E-state index in [4.69, 9.17) is 9.15 Å². The van der Waals surface area contributed by atoms with Crippen LogP contribution in [0.4, 0.5) is 0 Å². The van der Waals surface area contributed by atoms with Crippen molar-refractivity contribution < 1.29 is 14.3 Å². The molecule has 6 nitrogen and oxygen atoms in total. The van der Waals surface area contributed by atoms with Gasteiger partial charge in [0.15, 0.2) is 5.76 Å². The molecule has 0 atom stereocenters. The van der Waals surface area contributed by atoms with Gasteiger partial charge in [0.1, 0.15) is 24.7 Å². The first-order valence-corrected chi connectivity index (χ1v) is 7.92. The van der Waals surface area contributed by atoms with E-state index in [0.29, 0.717) is 24.0 Å². The lowest BCUT2D eigenvalue weighted by atomic mass is 10.2. The van der Waals surface area contributed by atoms with Gasteiger partial charge in [0.2, 0.25) is 5.89 Å². The number of aromatic nitrogens is 3. The molecule has 0 spiro atoms.